The van der Waals surface area contributed by atoms with Crippen molar-refractivity contribution in [2.75, 3.05) is 12.3 Å². The highest BCUT2D eigenvalue weighted by Gasteiger charge is 2.18. The first kappa shape index (κ1) is 11.5. The molecule has 0 heterocycles. The Morgan fingerprint density at radius 2 is 2.31 bits per heavy atom. The van der Waals surface area contributed by atoms with Crippen LogP contribution in [0.1, 0.15) is 37.3 Å². The molecule has 0 aliphatic heterocycles. The molecule has 2 rings (SSSR count). The number of rotatable bonds is 4. The molecule has 0 spiro atoms. The Kier molecular flexibility index (Phi) is 3.83. The molecule has 1 aromatic carbocycles. The Hall–Kier alpha value is -1.02. The van der Waals surface area contributed by atoms with Crippen molar-refractivity contribution < 1.29 is 0 Å². The van der Waals surface area contributed by atoms with Gasteiger partial charge in [-0.2, -0.15) is 0 Å². The standard InChI is InChI=1S/C14H22N2/c1-2-3-9-16-12-7-8-13-11(10-12)5-4-6-14(13)15/h4-6,12,16H,2-3,7-10,15H2,1H3. The fourth-order valence-corrected chi connectivity index (χ4v) is 2.49. The lowest BCUT2D eigenvalue weighted by Crippen LogP contribution is -2.35. The summed E-state index contributed by atoms with van der Waals surface area (Å²) in [4.78, 5) is 0. The van der Waals surface area contributed by atoms with Crippen molar-refractivity contribution in [3.05, 3.63) is 29.3 Å². The first-order chi connectivity index (χ1) is 7.81. The number of nitrogens with one attached hydrogen (secondary N) is 1. The minimum absolute atomic E-state index is 0.654. The molecule has 0 radical (unpaired) electrons. The fourth-order valence-electron chi connectivity index (χ4n) is 2.49. The number of hydrogen-bond donors (Lipinski definition) is 2. The maximum Gasteiger partial charge on any atom is 0.0349 e. The number of anilines is 1. The minimum Gasteiger partial charge on any atom is -0.398 e. The van der Waals surface area contributed by atoms with Crippen molar-refractivity contribution in [1.82, 2.24) is 5.32 Å². The predicted molar refractivity (Wildman–Crippen MR) is 69.6 cm³/mol. The van der Waals surface area contributed by atoms with E-state index < -0.39 is 0 Å². The first-order valence-corrected chi connectivity index (χ1v) is 6.41. The second-order valence-corrected chi connectivity index (χ2v) is 4.73. The van der Waals surface area contributed by atoms with E-state index in [0.29, 0.717) is 6.04 Å². The molecular weight excluding hydrogens is 196 g/mol. The van der Waals surface area contributed by atoms with Crippen molar-refractivity contribution >= 4 is 5.69 Å². The maximum absolute atomic E-state index is 5.99. The summed E-state index contributed by atoms with van der Waals surface area (Å²) in [6.45, 7) is 3.39. The summed E-state index contributed by atoms with van der Waals surface area (Å²) in [5, 5.41) is 3.64. The van der Waals surface area contributed by atoms with Gasteiger partial charge in [0.2, 0.25) is 0 Å². The number of unbranched alkanes of at least 4 members (excludes halogenated alkanes) is 1. The van der Waals surface area contributed by atoms with Crippen LogP contribution in [0.3, 0.4) is 0 Å². The molecule has 0 saturated heterocycles. The monoisotopic (exact) mass is 218 g/mol. The van der Waals surface area contributed by atoms with Crippen LogP contribution in [0.5, 0.6) is 0 Å². The summed E-state index contributed by atoms with van der Waals surface area (Å²) in [6.07, 6.45) is 6.05. The molecule has 2 heteroatoms. The Bertz CT molecular complexity index is 347. The van der Waals surface area contributed by atoms with Gasteiger partial charge in [0.05, 0.1) is 0 Å². The van der Waals surface area contributed by atoms with E-state index in [4.69, 9.17) is 5.73 Å². The van der Waals surface area contributed by atoms with Gasteiger partial charge in [0.1, 0.15) is 0 Å². The van der Waals surface area contributed by atoms with Gasteiger partial charge in [0, 0.05) is 11.7 Å². The highest BCUT2D eigenvalue weighted by Crippen LogP contribution is 2.26. The van der Waals surface area contributed by atoms with Crippen LogP contribution in [-0.2, 0) is 12.8 Å². The molecule has 3 N–H and O–H groups in total. The molecule has 0 bridgehead atoms. The number of fused-ring (bicyclic) bond motifs is 1. The molecule has 16 heavy (non-hydrogen) atoms. The van der Waals surface area contributed by atoms with Crippen molar-refractivity contribution in [2.24, 2.45) is 0 Å². The summed E-state index contributed by atoms with van der Waals surface area (Å²) in [7, 11) is 0. The van der Waals surface area contributed by atoms with Gasteiger partial charge in [0.15, 0.2) is 0 Å². The van der Waals surface area contributed by atoms with Crippen LogP contribution in [0.15, 0.2) is 18.2 Å². The van der Waals surface area contributed by atoms with E-state index in [1.165, 1.54) is 30.4 Å². The van der Waals surface area contributed by atoms with Crippen LogP contribution in [-0.4, -0.2) is 12.6 Å². The van der Waals surface area contributed by atoms with E-state index in [0.717, 1.165) is 25.1 Å². The Morgan fingerprint density at radius 1 is 1.44 bits per heavy atom. The summed E-state index contributed by atoms with van der Waals surface area (Å²) in [6, 6.07) is 6.96. The van der Waals surface area contributed by atoms with Crippen molar-refractivity contribution in [2.45, 2.75) is 45.1 Å². The van der Waals surface area contributed by atoms with E-state index >= 15 is 0 Å². The molecule has 1 atom stereocenters. The van der Waals surface area contributed by atoms with Gasteiger partial charge in [0.25, 0.3) is 0 Å². The molecular formula is C14H22N2. The third-order valence-corrected chi connectivity index (χ3v) is 3.48. The fraction of sp³-hybridized carbons (Fsp3) is 0.571. The third kappa shape index (κ3) is 2.56. The van der Waals surface area contributed by atoms with Gasteiger partial charge in [-0.1, -0.05) is 25.5 Å². The molecule has 0 fully saturated rings. The Labute approximate surface area is 98.2 Å². The summed E-state index contributed by atoms with van der Waals surface area (Å²) in [5.74, 6) is 0. The molecule has 1 aliphatic rings. The Morgan fingerprint density at radius 3 is 3.12 bits per heavy atom. The molecule has 1 aliphatic carbocycles. The predicted octanol–water partition coefficient (Wildman–Crippen LogP) is 2.52. The molecule has 1 aromatic rings. The molecule has 88 valence electrons. The topological polar surface area (TPSA) is 38.0 Å². The first-order valence-electron chi connectivity index (χ1n) is 6.41. The lowest BCUT2D eigenvalue weighted by molar-refractivity contribution is 0.453. The average Bonchev–Trinajstić information content (AvgIpc) is 2.30. The quantitative estimate of drug-likeness (QED) is 0.602. The van der Waals surface area contributed by atoms with Crippen LogP contribution in [0.25, 0.3) is 0 Å². The number of benzene rings is 1. The van der Waals surface area contributed by atoms with Crippen LogP contribution in [0.4, 0.5) is 5.69 Å². The summed E-state index contributed by atoms with van der Waals surface area (Å²) >= 11 is 0. The number of nitrogen functional groups attached to an aromatic ring is 1. The SMILES string of the molecule is CCCCNC1CCc2c(N)cccc2C1. The number of hydrogen-bond acceptors (Lipinski definition) is 2. The zero-order valence-corrected chi connectivity index (χ0v) is 10.1. The van der Waals surface area contributed by atoms with Gasteiger partial charge in [-0.3, -0.25) is 0 Å². The zero-order chi connectivity index (χ0) is 11.4. The van der Waals surface area contributed by atoms with Gasteiger partial charge < -0.3 is 11.1 Å². The minimum atomic E-state index is 0.654. The second kappa shape index (κ2) is 5.35. The van der Waals surface area contributed by atoms with Crippen LogP contribution in [0.2, 0.25) is 0 Å². The van der Waals surface area contributed by atoms with E-state index in [1.54, 1.807) is 0 Å². The molecule has 0 aromatic heterocycles. The van der Waals surface area contributed by atoms with Crippen molar-refractivity contribution in [3.8, 4) is 0 Å². The maximum atomic E-state index is 5.99. The van der Waals surface area contributed by atoms with Crippen LogP contribution in [0, 0.1) is 0 Å². The molecule has 1 unspecified atom stereocenters. The van der Waals surface area contributed by atoms with Crippen LogP contribution < -0.4 is 11.1 Å². The summed E-state index contributed by atoms with van der Waals surface area (Å²) < 4.78 is 0. The third-order valence-electron chi connectivity index (χ3n) is 3.48. The average molecular weight is 218 g/mol. The summed E-state index contributed by atoms with van der Waals surface area (Å²) in [5.41, 5.74) is 9.79. The van der Waals surface area contributed by atoms with Gasteiger partial charge >= 0.3 is 0 Å². The molecule has 2 nitrogen and oxygen atoms in total. The largest absolute Gasteiger partial charge is 0.398 e. The highest BCUT2D eigenvalue weighted by molar-refractivity contribution is 5.52. The zero-order valence-electron chi connectivity index (χ0n) is 10.1. The molecule has 0 saturated carbocycles. The normalized spacial score (nSPS) is 19.4. The van der Waals surface area contributed by atoms with Crippen molar-refractivity contribution in [1.29, 1.82) is 0 Å². The van der Waals surface area contributed by atoms with Gasteiger partial charge in [-0.05, 0) is 49.4 Å². The van der Waals surface area contributed by atoms with E-state index in [-0.39, 0.29) is 0 Å². The Balaban J connectivity index is 1.96. The van der Waals surface area contributed by atoms with Gasteiger partial charge in [-0.25, -0.2) is 0 Å². The highest BCUT2D eigenvalue weighted by atomic mass is 14.9. The number of nitrogens with two attached hydrogens (primary N) is 1. The smallest absolute Gasteiger partial charge is 0.0349 e. The lowest BCUT2D eigenvalue weighted by Gasteiger charge is -2.26. The van der Waals surface area contributed by atoms with E-state index in [1.807, 2.05) is 6.07 Å². The second-order valence-electron chi connectivity index (χ2n) is 4.73. The lowest BCUT2D eigenvalue weighted by atomic mass is 9.87. The van der Waals surface area contributed by atoms with E-state index in [9.17, 15) is 0 Å². The van der Waals surface area contributed by atoms with Crippen LogP contribution >= 0.6 is 0 Å². The van der Waals surface area contributed by atoms with Gasteiger partial charge in [-0.15, -0.1) is 0 Å². The van der Waals surface area contributed by atoms with E-state index in [2.05, 4.69) is 24.4 Å². The van der Waals surface area contributed by atoms with Crippen molar-refractivity contribution in [3.63, 3.8) is 0 Å². The molecule has 0 amide bonds.